The highest BCUT2D eigenvalue weighted by Gasteiger charge is 2.35. The van der Waals surface area contributed by atoms with Gasteiger partial charge in [0.25, 0.3) is 0 Å². The molecule has 0 spiro atoms. The van der Waals surface area contributed by atoms with Crippen molar-refractivity contribution in [1.29, 1.82) is 0 Å². The maximum atomic E-state index is 5.61. The van der Waals surface area contributed by atoms with Crippen LogP contribution in [0.4, 0.5) is 0 Å². The number of thioether (sulfide) groups is 2. The van der Waals surface area contributed by atoms with E-state index in [1.165, 1.54) is 5.56 Å². The molecule has 1 aliphatic rings. The molecule has 0 radical (unpaired) electrons. The van der Waals surface area contributed by atoms with Crippen LogP contribution < -0.4 is 0 Å². The molecule has 0 aromatic heterocycles. The van der Waals surface area contributed by atoms with Crippen LogP contribution in [0, 0.1) is 12.3 Å². The van der Waals surface area contributed by atoms with Crippen molar-refractivity contribution in [3.63, 3.8) is 0 Å². The summed E-state index contributed by atoms with van der Waals surface area (Å²) in [5.74, 6) is 5.23. The summed E-state index contributed by atoms with van der Waals surface area (Å²) in [5, 5.41) is 0. The molecule has 0 atom stereocenters. The number of rotatable bonds is 1. The first-order chi connectivity index (χ1) is 6.37. The summed E-state index contributed by atoms with van der Waals surface area (Å²) >= 11 is 3.74. The highest BCUT2D eigenvalue weighted by Crippen LogP contribution is 2.51. The van der Waals surface area contributed by atoms with E-state index < -0.39 is 0 Å². The lowest BCUT2D eigenvalue weighted by Crippen LogP contribution is -2.10. The van der Waals surface area contributed by atoms with Gasteiger partial charge in [-0.1, -0.05) is 36.3 Å². The Hall–Kier alpha value is -0.520. The lowest BCUT2D eigenvalue weighted by molar-refractivity contribution is 1.20. The van der Waals surface area contributed by atoms with Crippen molar-refractivity contribution in [1.82, 2.24) is 0 Å². The molecule has 0 N–H and O–H groups in total. The molecule has 13 heavy (non-hydrogen) atoms. The fraction of sp³-hybridized carbons (Fsp3) is 0.273. The molecule has 1 aliphatic heterocycles. The summed E-state index contributed by atoms with van der Waals surface area (Å²) in [6.45, 7) is 0. The normalized spacial score (nSPS) is 19.6. The van der Waals surface area contributed by atoms with Crippen molar-refractivity contribution in [3.05, 3.63) is 35.9 Å². The smallest absolute Gasteiger partial charge is 0.126 e. The van der Waals surface area contributed by atoms with Gasteiger partial charge in [0.1, 0.15) is 4.08 Å². The zero-order valence-corrected chi connectivity index (χ0v) is 8.83. The lowest BCUT2D eigenvalue weighted by atomic mass is 10.1. The SMILES string of the molecule is C#CC1(c2ccccc2)SCCS1. The summed E-state index contributed by atoms with van der Waals surface area (Å²) in [5.41, 5.74) is 1.25. The maximum Gasteiger partial charge on any atom is 0.147 e. The Morgan fingerprint density at radius 2 is 1.77 bits per heavy atom. The van der Waals surface area contributed by atoms with Crippen molar-refractivity contribution >= 4 is 23.5 Å². The first kappa shape index (κ1) is 9.05. The minimum atomic E-state index is -0.110. The average molecular weight is 206 g/mol. The van der Waals surface area contributed by atoms with Gasteiger partial charge in [0.15, 0.2) is 0 Å². The van der Waals surface area contributed by atoms with Gasteiger partial charge < -0.3 is 0 Å². The predicted octanol–water partition coefficient (Wildman–Crippen LogP) is 2.95. The van der Waals surface area contributed by atoms with Crippen LogP contribution in [0.2, 0.25) is 0 Å². The lowest BCUT2D eigenvalue weighted by Gasteiger charge is -2.20. The summed E-state index contributed by atoms with van der Waals surface area (Å²) in [4.78, 5) is 0. The van der Waals surface area contributed by atoms with Crippen LogP contribution in [0.3, 0.4) is 0 Å². The summed E-state index contributed by atoms with van der Waals surface area (Å²) in [6.07, 6.45) is 5.61. The third-order valence-corrected chi connectivity index (χ3v) is 5.34. The highest BCUT2D eigenvalue weighted by atomic mass is 32.2. The van der Waals surface area contributed by atoms with Gasteiger partial charge in [0, 0.05) is 11.5 Å². The highest BCUT2D eigenvalue weighted by molar-refractivity contribution is 8.20. The fourth-order valence-corrected chi connectivity index (χ4v) is 4.25. The van der Waals surface area contributed by atoms with Gasteiger partial charge in [-0.25, -0.2) is 0 Å². The number of benzene rings is 1. The molecule has 66 valence electrons. The van der Waals surface area contributed by atoms with Crippen molar-refractivity contribution in [2.75, 3.05) is 11.5 Å². The molecule has 1 aromatic rings. The van der Waals surface area contributed by atoms with E-state index >= 15 is 0 Å². The fourth-order valence-electron chi connectivity index (χ4n) is 1.40. The van der Waals surface area contributed by atoms with Crippen LogP contribution in [0.1, 0.15) is 5.56 Å². The van der Waals surface area contributed by atoms with E-state index in [1.54, 1.807) is 0 Å². The van der Waals surface area contributed by atoms with E-state index in [0.29, 0.717) is 0 Å². The van der Waals surface area contributed by atoms with E-state index in [1.807, 2.05) is 41.7 Å². The quantitative estimate of drug-likeness (QED) is 0.648. The Labute approximate surface area is 87.5 Å². The first-order valence-electron chi connectivity index (χ1n) is 4.18. The molecular formula is C11H10S2. The summed E-state index contributed by atoms with van der Waals surface area (Å²) in [7, 11) is 0. The Kier molecular flexibility index (Phi) is 2.57. The van der Waals surface area contributed by atoms with Crippen LogP contribution in [0.25, 0.3) is 0 Å². The van der Waals surface area contributed by atoms with E-state index in [2.05, 4.69) is 18.1 Å². The zero-order chi connectivity index (χ0) is 9.15. The molecule has 0 aliphatic carbocycles. The van der Waals surface area contributed by atoms with Crippen LogP contribution in [-0.2, 0) is 4.08 Å². The number of hydrogen-bond donors (Lipinski definition) is 0. The van der Waals surface area contributed by atoms with E-state index in [4.69, 9.17) is 6.42 Å². The number of hydrogen-bond acceptors (Lipinski definition) is 2. The molecule has 1 fully saturated rings. The third kappa shape index (κ3) is 1.59. The molecule has 1 saturated heterocycles. The van der Waals surface area contributed by atoms with Gasteiger partial charge in [-0.05, 0) is 5.56 Å². The molecule has 1 aromatic carbocycles. The van der Waals surface area contributed by atoms with Gasteiger partial charge in [-0.2, -0.15) is 0 Å². The van der Waals surface area contributed by atoms with Crippen LogP contribution >= 0.6 is 23.5 Å². The standard InChI is InChI=1S/C11H10S2/c1-2-11(12-8-9-13-11)10-6-4-3-5-7-10/h1,3-7H,8-9H2. The van der Waals surface area contributed by atoms with E-state index in [9.17, 15) is 0 Å². The van der Waals surface area contributed by atoms with Crippen molar-refractivity contribution in [2.24, 2.45) is 0 Å². The van der Waals surface area contributed by atoms with Gasteiger partial charge in [-0.3, -0.25) is 0 Å². The molecule has 0 unspecified atom stereocenters. The van der Waals surface area contributed by atoms with Crippen LogP contribution in [0.15, 0.2) is 30.3 Å². The van der Waals surface area contributed by atoms with Crippen molar-refractivity contribution in [2.45, 2.75) is 4.08 Å². The Morgan fingerprint density at radius 1 is 1.15 bits per heavy atom. The van der Waals surface area contributed by atoms with Gasteiger partial charge in [0.2, 0.25) is 0 Å². The first-order valence-corrected chi connectivity index (χ1v) is 6.16. The number of terminal acetylenes is 1. The second-order valence-electron chi connectivity index (χ2n) is 2.82. The maximum absolute atomic E-state index is 5.61. The Morgan fingerprint density at radius 3 is 2.31 bits per heavy atom. The average Bonchev–Trinajstić information content (AvgIpc) is 2.69. The van der Waals surface area contributed by atoms with Gasteiger partial charge in [-0.15, -0.1) is 29.9 Å². The topological polar surface area (TPSA) is 0 Å². The van der Waals surface area contributed by atoms with Gasteiger partial charge >= 0.3 is 0 Å². The van der Waals surface area contributed by atoms with E-state index in [0.717, 1.165) is 11.5 Å². The van der Waals surface area contributed by atoms with Crippen LogP contribution in [0.5, 0.6) is 0 Å². The van der Waals surface area contributed by atoms with Gasteiger partial charge in [0.05, 0.1) is 0 Å². The molecular weight excluding hydrogens is 196 g/mol. The second-order valence-corrected chi connectivity index (χ2v) is 5.70. The molecule has 2 rings (SSSR count). The monoisotopic (exact) mass is 206 g/mol. The molecule has 0 amide bonds. The van der Waals surface area contributed by atoms with Crippen LogP contribution in [-0.4, -0.2) is 11.5 Å². The zero-order valence-electron chi connectivity index (χ0n) is 7.19. The Balaban J connectivity index is 2.38. The molecule has 0 nitrogen and oxygen atoms in total. The molecule has 1 heterocycles. The third-order valence-electron chi connectivity index (χ3n) is 2.04. The largest absolute Gasteiger partial charge is 0.147 e. The van der Waals surface area contributed by atoms with Crippen molar-refractivity contribution in [3.8, 4) is 12.3 Å². The predicted molar refractivity (Wildman–Crippen MR) is 61.9 cm³/mol. The summed E-state index contributed by atoms with van der Waals surface area (Å²) in [6, 6.07) is 10.4. The minimum absolute atomic E-state index is 0.110. The van der Waals surface area contributed by atoms with Crippen molar-refractivity contribution < 1.29 is 0 Å². The Bertz CT molecular complexity index is 318. The molecule has 2 heteroatoms. The molecule has 0 bridgehead atoms. The minimum Gasteiger partial charge on any atom is -0.126 e. The molecule has 0 saturated carbocycles. The second kappa shape index (κ2) is 3.69. The van der Waals surface area contributed by atoms with E-state index in [-0.39, 0.29) is 4.08 Å². The summed E-state index contributed by atoms with van der Waals surface area (Å²) < 4.78 is -0.110.